The summed E-state index contributed by atoms with van der Waals surface area (Å²) in [6, 6.07) is 9.71. The molecule has 1 aromatic carbocycles. The lowest BCUT2D eigenvalue weighted by molar-refractivity contribution is -0.141. The van der Waals surface area contributed by atoms with E-state index in [1.165, 1.54) is 4.68 Å². The molecule has 0 spiro atoms. The average Bonchev–Trinajstić information content (AvgIpc) is 3.23. The van der Waals surface area contributed by atoms with Crippen LogP contribution in [0, 0.1) is 0 Å². The second kappa shape index (κ2) is 5.15. The number of hydrogen-bond donors (Lipinski definition) is 0. The van der Waals surface area contributed by atoms with Gasteiger partial charge in [0.1, 0.15) is 0 Å². The van der Waals surface area contributed by atoms with Crippen LogP contribution in [0.5, 0.6) is 0 Å². The zero-order valence-electron chi connectivity index (χ0n) is 12.2. The molecular weight excluding hydrogens is 326 g/mol. The normalized spacial score (nSPS) is 20.3. The molecule has 2 unspecified atom stereocenters. The Labute approximate surface area is 133 Å². The molecule has 9 heteroatoms. The monoisotopic (exact) mass is 337 g/mol. The SMILES string of the molecule is FC1CC(c2ccccc2)n2nc(-n3ccc(C(F)(F)F)n3)nc21. The van der Waals surface area contributed by atoms with Gasteiger partial charge in [-0.3, -0.25) is 0 Å². The Morgan fingerprint density at radius 1 is 1.04 bits per heavy atom. The van der Waals surface area contributed by atoms with Crippen LogP contribution in [0.2, 0.25) is 0 Å². The molecule has 0 aliphatic carbocycles. The highest BCUT2D eigenvalue weighted by Crippen LogP contribution is 2.39. The molecule has 3 aromatic rings. The predicted molar refractivity (Wildman–Crippen MR) is 75.2 cm³/mol. The molecule has 0 amide bonds. The fourth-order valence-corrected chi connectivity index (χ4v) is 2.80. The molecule has 0 radical (unpaired) electrons. The van der Waals surface area contributed by atoms with Gasteiger partial charge in [0.2, 0.25) is 0 Å². The molecule has 1 aliphatic rings. The summed E-state index contributed by atoms with van der Waals surface area (Å²) in [6.45, 7) is 0. The summed E-state index contributed by atoms with van der Waals surface area (Å²) in [5.74, 6) is 0.0201. The van der Waals surface area contributed by atoms with Gasteiger partial charge in [0, 0.05) is 12.6 Å². The van der Waals surface area contributed by atoms with Crippen molar-refractivity contribution >= 4 is 0 Å². The molecule has 5 nitrogen and oxygen atoms in total. The van der Waals surface area contributed by atoms with Crippen molar-refractivity contribution in [2.24, 2.45) is 0 Å². The van der Waals surface area contributed by atoms with E-state index in [9.17, 15) is 17.6 Å². The third-order valence-corrected chi connectivity index (χ3v) is 3.92. The third-order valence-electron chi connectivity index (χ3n) is 3.92. The summed E-state index contributed by atoms with van der Waals surface area (Å²) in [4.78, 5) is 4.02. The van der Waals surface area contributed by atoms with Crippen molar-refractivity contribution in [3.8, 4) is 5.95 Å². The van der Waals surface area contributed by atoms with Crippen LogP contribution in [0.3, 0.4) is 0 Å². The first kappa shape index (κ1) is 14.9. The Bertz CT molecular complexity index is 868. The Morgan fingerprint density at radius 2 is 1.79 bits per heavy atom. The first-order valence-corrected chi connectivity index (χ1v) is 7.22. The van der Waals surface area contributed by atoms with Crippen LogP contribution in [0.15, 0.2) is 42.6 Å². The number of aromatic nitrogens is 5. The maximum Gasteiger partial charge on any atom is 0.435 e. The number of benzene rings is 1. The minimum Gasteiger partial charge on any atom is -0.239 e. The number of alkyl halides is 4. The van der Waals surface area contributed by atoms with E-state index in [1.807, 2.05) is 30.3 Å². The fourth-order valence-electron chi connectivity index (χ4n) is 2.80. The van der Waals surface area contributed by atoms with Gasteiger partial charge in [-0.25, -0.2) is 13.8 Å². The molecule has 0 saturated heterocycles. The smallest absolute Gasteiger partial charge is 0.239 e. The molecule has 3 heterocycles. The van der Waals surface area contributed by atoms with Gasteiger partial charge in [-0.1, -0.05) is 30.3 Å². The highest BCUT2D eigenvalue weighted by molar-refractivity contribution is 5.25. The average molecular weight is 337 g/mol. The summed E-state index contributed by atoms with van der Waals surface area (Å²) in [5, 5.41) is 7.58. The molecule has 0 saturated carbocycles. The second-order valence-electron chi connectivity index (χ2n) is 5.49. The molecule has 0 N–H and O–H groups in total. The lowest BCUT2D eigenvalue weighted by Gasteiger charge is -2.11. The molecule has 2 atom stereocenters. The number of nitrogens with zero attached hydrogens (tertiary/aromatic N) is 5. The van der Waals surface area contributed by atoms with Gasteiger partial charge in [0.15, 0.2) is 17.7 Å². The molecule has 4 rings (SSSR count). The van der Waals surface area contributed by atoms with E-state index in [-0.39, 0.29) is 24.2 Å². The van der Waals surface area contributed by atoms with Gasteiger partial charge in [0.25, 0.3) is 5.95 Å². The van der Waals surface area contributed by atoms with Crippen LogP contribution in [-0.4, -0.2) is 24.5 Å². The van der Waals surface area contributed by atoms with Gasteiger partial charge in [-0.15, -0.1) is 5.10 Å². The second-order valence-corrected chi connectivity index (χ2v) is 5.49. The predicted octanol–water partition coefficient (Wildman–Crippen LogP) is 3.49. The lowest BCUT2D eigenvalue weighted by Crippen LogP contribution is -2.10. The zero-order valence-corrected chi connectivity index (χ0v) is 12.2. The number of halogens is 4. The highest BCUT2D eigenvalue weighted by Gasteiger charge is 2.37. The Hall–Kier alpha value is -2.71. The largest absolute Gasteiger partial charge is 0.435 e. The molecular formula is C15H11F4N5. The summed E-state index contributed by atoms with van der Waals surface area (Å²) in [6.07, 6.45) is -4.57. The van der Waals surface area contributed by atoms with Gasteiger partial charge < -0.3 is 0 Å². The number of fused-ring (bicyclic) bond motifs is 1. The highest BCUT2D eigenvalue weighted by atomic mass is 19.4. The van der Waals surface area contributed by atoms with Gasteiger partial charge in [-0.05, 0) is 11.6 Å². The van der Waals surface area contributed by atoms with Gasteiger partial charge in [0.05, 0.1) is 6.04 Å². The topological polar surface area (TPSA) is 48.5 Å². The van der Waals surface area contributed by atoms with E-state index in [4.69, 9.17) is 0 Å². The molecule has 0 bridgehead atoms. The van der Waals surface area contributed by atoms with E-state index < -0.39 is 18.0 Å². The van der Waals surface area contributed by atoms with Crippen molar-refractivity contribution in [1.82, 2.24) is 24.5 Å². The molecule has 124 valence electrons. The zero-order chi connectivity index (χ0) is 16.9. The summed E-state index contributed by atoms with van der Waals surface area (Å²) in [7, 11) is 0. The van der Waals surface area contributed by atoms with Crippen molar-refractivity contribution < 1.29 is 17.6 Å². The molecule has 24 heavy (non-hydrogen) atoms. The van der Waals surface area contributed by atoms with Crippen molar-refractivity contribution in [2.75, 3.05) is 0 Å². The van der Waals surface area contributed by atoms with E-state index >= 15 is 0 Å². The van der Waals surface area contributed by atoms with Crippen molar-refractivity contribution in [2.45, 2.75) is 24.8 Å². The first-order valence-electron chi connectivity index (χ1n) is 7.22. The van der Waals surface area contributed by atoms with Crippen LogP contribution in [0.1, 0.15) is 35.7 Å². The Morgan fingerprint density at radius 3 is 2.46 bits per heavy atom. The van der Waals surface area contributed by atoms with E-state index in [0.29, 0.717) is 0 Å². The van der Waals surface area contributed by atoms with Crippen LogP contribution < -0.4 is 0 Å². The van der Waals surface area contributed by atoms with E-state index in [2.05, 4.69) is 15.2 Å². The fraction of sp³-hybridized carbons (Fsp3) is 0.267. The van der Waals surface area contributed by atoms with Crippen molar-refractivity contribution in [3.05, 3.63) is 59.7 Å². The summed E-state index contributed by atoms with van der Waals surface area (Å²) < 4.78 is 54.5. The molecule has 0 fully saturated rings. The van der Waals surface area contributed by atoms with Crippen LogP contribution in [-0.2, 0) is 6.18 Å². The quantitative estimate of drug-likeness (QED) is 0.673. The first-order chi connectivity index (χ1) is 11.4. The standard InChI is InChI=1S/C15H11F4N5/c16-10-8-11(9-4-2-1-3-5-9)24-13(10)20-14(22-24)23-7-6-12(21-23)15(17,18)19/h1-7,10-11H,8H2. The number of rotatable bonds is 2. The molecule has 1 aliphatic heterocycles. The minimum absolute atomic E-state index is 0.0798. The van der Waals surface area contributed by atoms with Crippen molar-refractivity contribution in [3.63, 3.8) is 0 Å². The Kier molecular flexibility index (Phi) is 3.19. The van der Waals surface area contributed by atoms with E-state index in [0.717, 1.165) is 22.5 Å². The Balaban J connectivity index is 1.72. The summed E-state index contributed by atoms with van der Waals surface area (Å²) >= 11 is 0. The van der Waals surface area contributed by atoms with E-state index in [1.54, 1.807) is 0 Å². The third kappa shape index (κ3) is 2.36. The van der Waals surface area contributed by atoms with Crippen LogP contribution in [0.25, 0.3) is 5.95 Å². The maximum absolute atomic E-state index is 14.2. The van der Waals surface area contributed by atoms with Gasteiger partial charge in [-0.2, -0.15) is 23.3 Å². The van der Waals surface area contributed by atoms with Crippen LogP contribution >= 0.6 is 0 Å². The van der Waals surface area contributed by atoms with Crippen molar-refractivity contribution in [1.29, 1.82) is 0 Å². The lowest BCUT2D eigenvalue weighted by atomic mass is 10.0. The number of hydrogen-bond acceptors (Lipinski definition) is 3. The summed E-state index contributed by atoms with van der Waals surface area (Å²) in [5.41, 5.74) is -0.180. The molecule has 2 aromatic heterocycles. The van der Waals surface area contributed by atoms with Gasteiger partial charge >= 0.3 is 6.18 Å². The minimum atomic E-state index is -4.55. The maximum atomic E-state index is 14.2. The van der Waals surface area contributed by atoms with Crippen LogP contribution in [0.4, 0.5) is 17.6 Å².